The lowest BCUT2D eigenvalue weighted by Crippen LogP contribution is -2.50. The number of nitrogens with zero attached hydrogens (tertiary/aromatic N) is 1. The van der Waals surface area contributed by atoms with E-state index >= 15 is 0 Å². The Hall–Kier alpha value is -2.45. The molecule has 2 atom stereocenters. The van der Waals surface area contributed by atoms with Crippen LogP contribution in [0.4, 0.5) is 0 Å². The Labute approximate surface area is 402 Å². The molecule has 65 heavy (non-hydrogen) atoms. The second-order valence-corrected chi connectivity index (χ2v) is 19.8. The fraction of sp³-hybridized carbons (Fsp3) is 0.842. The van der Waals surface area contributed by atoms with E-state index < -0.39 is 18.1 Å². The number of unbranched alkanes of at least 4 members (excludes halogenated alkanes) is 30. The summed E-state index contributed by atoms with van der Waals surface area (Å²) in [5.41, 5.74) is 0. The molecule has 0 aromatic heterocycles. The number of carboxylic acids is 1. The Balaban J connectivity index is 4.17. The van der Waals surface area contributed by atoms with E-state index in [2.05, 4.69) is 50.3 Å². The van der Waals surface area contributed by atoms with E-state index in [4.69, 9.17) is 14.2 Å². The van der Waals surface area contributed by atoms with Gasteiger partial charge in [0.25, 0.3) is 0 Å². The van der Waals surface area contributed by atoms with Gasteiger partial charge >= 0.3 is 17.9 Å². The molecule has 0 aromatic carbocycles. The predicted octanol–water partition coefficient (Wildman–Crippen LogP) is 16.1. The fourth-order valence-corrected chi connectivity index (χ4v) is 8.34. The van der Waals surface area contributed by atoms with Crippen molar-refractivity contribution in [1.29, 1.82) is 0 Å². The minimum absolute atomic E-state index is 0.0477. The van der Waals surface area contributed by atoms with Crippen molar-refractivity contribution < 1.29 is 38.2 Å². The lowest BCUT2D eigenvalue weighted by atomic mass is 10.0. The van der Waals surface area contributed by atoms with Crippen molar-refractivity contribution in [2.45, 2.75) is 270 Å². The number of hydrogen-bond donors (Lipinski definition) is 1. The maximum absolute atomic E-state index is 12.8. The Morgan fingerprint density at radius 1 is 0.477 bits per heavy atom. The van der Waals surface area contributed by atoms with E-state index in [9.17, 15) is 19.5 Å². The molecule has 0 bridgehead atoms. The first-order chi connectivity index (χ1) is 31.6. The molecule has 0 fully saturated rings. The maximum Gasteiger partial charge on any atom is 0.362 e. The van der Waals surface area contributed by atoms with Gasteiger partial charge in [-0.1, -0.05) is 230 Å². The quantitative estimate of drug-likeness (QED) is 0.0281. The molecule has 8 nitrogen and oxygen atoms in total. The molecule has 380 valence electrons. The van der Waals surface area contributed by atoms with Crippen LogP contribution < -0.4 is 0 Å². The highest BCUT2D eigenvalue weighted by Crippen LogP contribution is 2.17. The molecule has 0 saturated heterocycles. The first kappa shape index (κ1) is 62.5. The summed E-state index contributed by atoms with van der Waals surface area (Å²) < 4.78 is 17.4. The molecule has 1 N–H and O–H groups in total. The van der Waals surface area contributed by atoms with Gasteiger partial charge in [-0.05, 0) is 44.9 Å². The van der Waals surface area contributed by atoms with E-state index in [0.29, 0.717) is 19.3 Å². The molecule has 2 unspecified atom stereocenters. The van der Waals surface area contributed by atoms with Crippen molar-refractivity contribution >= 4 is 17.9 Å². The molecule has 0 amide bonds. The number of likely N-dealkylation sites (N-methyl/N-ethyl adjacent to an activating group) is 1. The maximum atomic E-state index is 12.8. The van der Waals surface area contributed by atoms with Crippen molar-refractivity contribution in [2.75, 3.05) is 41.0 Å². The van der Waals surface area contributed by atoms with Gasteiger partial charge in [0.1, 0.15) is 6.61 Å². The Morgan fingerprint density at radius 3 is 1.28 bits per heavy atom. The van der Waals surface area contributed by atoms with Crippen molar-refractivity contribution in [1.82, 2.24) is 0 Å². The largest absolute Gasteiger partial charge is 0.477 e. The molecule has 0 aliphatic carbocycles. The molecule has 0 saturated carbocycles. The first-order valence-corrected chi connectivity index (χ1v) is 27.5. The van der Waals surface area contributed by atoms with Crippen LogP contribution in [0.1, 0.15) is 258 Å². The van der Waals surface area contributed by atoms with Crippen LogP contribution in [0.2, 0.25) is 0 Å². The molecule has 0 aliphatic rings. The number of ether oxygens (including phenoxy) is 3. The third-order valence-corrected chi connectivity index (χ3v) is 12.6. The first-order valence-electron chi connectivity index (χ1n) is 27.5. The van der Waals surface area contributed by atoms with Crippen LogP contribution in [-0.2, 0) is 28.6 Å². The van der Waals surface area contributed by atoms with Crippen LogP contribution in [0.3, 0.4) is 0 Å². The van der Waals surface area contributed by atoms with Gasteiger partial charge in [-0.15, -0.1) is 0 Å². The van der Waals surface area contributed by atoms with Gasteiger partial charge in [-0.2, -0.15) is 0 Å². The highest BCUT2D eigenvalue weighted by molar-refractivity contribution is 5.72. The van der Waals surface area contributed by atoms with Gasteiger partial charge in [0.05, 0.1) is 34.4 Å². The lowest BCUT2D eigenvalue weighted by molar-refractivity contribution is -0.887. The van der Waals surface area contributed by atoms with Crippen LogP contribution >= 0.6 is 0 Å². The molecular formula is C57H106NO7+. The van der Waals surface area contributed by atoms with Gasteiger partial charge in [0.2, 0.25) is 0 Å². The summed E-state index contributed by atoms with van der Waals surface area (Å²) in [6.45, 7) is 4.67. The van der Waals surface area contributed by atoms with Gasteiger partial charge < -0.3 is 23.8 Å². The summed E-state index contributed by atoms with van der Waals surface area (Å²) in [6, 6.07) is -0.614. The second-order valence-electron chi connectivity index (χ2n) is 19.8. The van der Waals surface area contributed by atoms with Crippen LogP contribution in [0.15, 0.2) is 36.5 Å². The van der Waals surface area contributed by atoms with Crippen LogP contribution in [0.25, 0.3) is 0 Å². The molecule has 0 spiro atoms. The minimum atomic E-state index is -0.872. The normalized spacial score (nSPS) is 13.1. The standard InChI is InChI=1S/C57H105NO7/c1-6-8-10-12-14-16-18-20-22-24-26-28-30-32-34-36-38-40-42-44-46-48-56(60)65-53(51-63-50-49-54(57(61)62)58(3,4)5)52-64-55(59)47-45-43-41-39-37-35-33-31-29-27-25-23-21-19-17-15-13-11-9-7-2/h8,10,14,16,20,22,53-54H,6-7,9,11-13,15,17-19,21,23-52H2,1-5H3/p+1/b10-8+,16-14+,22-20+. The fourth-order valence-electron chi connectivity index (χ4n) is 8.34. The molecular weight excluding hydrogens is 811 g/mol. The van der Waals surface area contributed by atoms with Gasteiger partial charge in [-0.3, -0.25) is 9.59 Å². The third kappa shape index (κ3) is 46.4. The average Bonchev–Trinajstić information content (AvgIpc) is 3.27. The summed E-state index contributed by atoms with van der Waals surface area (Å²) in [7, 11) is 5.55. The smallest absolute Gasteiger partial charge is 0.362 e. The molecule has 8 heteroatoms. The number of rotatable bonds is 50. The minimum Gasteiger partial charge on any atom is -0.477 e. The number of aliphatic carboxylic acids is 1. The SMILES string of the molecule is CC/C=C/C/C=C/C/C=C/CCCCCCCCCCCCCC(=O)OC(COCCC(C(=O)O)[N+](C)(C)C)COC(=O)CCCCCCCCCCCCCCCCCCCCCC. The highest BCUT2D eigenvalue weighted by atomic mass is 16.6. The Morgan fingerprint density at radius 2 is 0.862 bits per heavy atom. The zero-order valence-corrected chi connectivity index (χ0v) is 43.5. The zero-order valence-electron chi connectivity index (χ0n) is 43.5. The number of esters is 2. The number of carbonyl (C=O) groups is 3. The molecule has 0 aromatic rings. The topological polar surface area (TPSA) is 99.1 Å². The van der Waals surface area contributed by atoms with E-state index in [1.54, 1.807) is 0 Å². The summed E-state index contributed by atoms with van der Waals surface area (Å²) >= 11 is 0. The number of carboxylic acid groups (broad SMARTS) is 1. The lowest BCUT2D eigenvalue weighted by Gasteiger charge is -2.31. The molecule has 0 heterocycles. The van der Waals surface area contributed by atoms with E-state index in [0.717, 1.165) is 57.8 Å². The van der Waals surface area contributed by atoms with Crippen LogP contribution in [0, 0.1) is 0 Å². The van der Waals surface area contributed by atoms with Gasteiger partial charge in [0, 0.05) is 19.3 Å². The van der Waals surface area contributed by atoms with Crippen molar-refractivity contribution in [3.05, 3.63) is 36.5 Å². The van der Waals surface area contributed by atoms with Crippen molar-refractivity contribution in [2.24, 2.45) is 0 Å². The number of quaternary nitrogens is 1. The third-order valence-electron chi connectivity index (χ3n) is 12.6. The Bertz CT molecular complexity index is 1160. The number of carbonyl (C=O) groups excluding carboxylic acids is 2. The van der Waals surface area contributed by atoms with Crippen molar-refractivity contribution in [3.8, 4) is 0 Å². The van der Waals surface area contributed by atoms with Crippen LogP contribution in [-0.4, -0.2) is 80.6 Å². The summed E-state index contributed by atoms with van der Waals surface area (Å²) in [6.07, 6.45) is 57.7. The Kier molecular flexibility index (Phi) is 46.2. The van der Waals surface area contributed by atoms with E-state index in [-0.39, 0.29) is 36.2 Å². The molecule has 0 rings (SSSR count). The van der Waals surface area contributed by atoms with Gasteiger partial charge in [0.15, 0.2) is 12.1 Å². The number of allylic oxidation sites excluding steroid dienone is 6. The monoisotopic (exact) mass is 917 g/mol. The van der Waals surface area contributed by atoms with E-state index in [1.807, 2.05) is 21.1 Å². The second kappa shape index (κ2) is 48.0. The van der Waals surface area contributed by atoms with Gasteiger partial charge in [-0.25, -0.2) is 4.79 Å². The predicted molar refractivity (Wildman–Crippen MR) is 275 cm³/mol. The zero-order chi connectivity index (χ0) is 47.7. The molecule has 0 aliphatic heterocycles. The van der Waals surface area contributed by atoms with E-state index in [1.165, 1.54) is 167 Å². The summed E-state index contributed by atoms with van der Waals surface area (Å²) in [5, 5.41) is 9.67. The summed E-state index contributed by atoms with van der Waals surface area (Å²) in [4.78, 5) is 37.2. The summed E-state index contributed by atoms with van der Waals surface area (Å²) in [5.74, 6) is -1.45. The van der Waals surface area contributed by atoms with Crippen molar-refractivity contribution in [3.63, 3.8) is 0 Å². The average molecular weight is 917 g/mol. The van der Waals surface area contributed by atoms with Crippen LogP contribution in [0.5, 0.6) is 0 Å². The highest BCUT2D eigenvalue weighted by Gasteiger charge is 2.31. The molecule has 0 radical (unpaired) electrons. The number of hydrogen-bond acceptors (Lipinski definition) is 6.